The Bertz CT molecular complexity index is 2040. The molecule has 1 atom stereocenters. The Morgan fingerprint density at radius 3 is 2.52 bits per heavy atom. The Kier molecular flexibility index (Phi) is 10.2. The number of aromatic nitrogens is 1. The summed E-state index contributed by atoms with van der Waals surface area (Å²) >= 11 is 4.70. The van der Waals surface area contributed by atoms with Crippen molar-refractivity contribution in [2.45, 2.75) is 26.5 Å². The van der Waals surface area contributed by atoms with Gasteiger partial charge in [0, 0.05) is 21.8 Å². The average Bonchev–Trinajstić information content (AvgIpc) is 3.38. The van der Waals surface area contributed by atoms with Gasteiger partial charge < -0.3 is 23.7 Å². The van der Waals surface area contributed by atoms with Crippen LogP contribution in [0.15, 0.2) is 80.6 Å². The molecule has 0 N–H and O–H groups in total. The third-order valence-electron chi connectivity index (χ3n) is 7.07. The number of rotatable bonds is 11. The summed E-state index contributed by atoms with van der Waals surface area (Å²) in [5.74, 6) is 1.26. The predicted molar refractivity (Wildman–Crippen MR) is 176 cm³/mol. The minimum atomic E-state index is -0.837. The first-order chi connectivity index (χ1) is 22.3. The Balaban J connectivity index is 1.65. The van der Waals surface area contributed by atoms with Crippen molar-refractivity contribution in [3.05, 3.63) is 113 Å². The molecule has 0 aliphatic carbocycles. The lowest BCUT2D eigenvalue weighted by Gasteiger charge is -2.23. The van der Waals surface area contributed by atoms with Crippen LogP contribution in [0.5, 0.6) is 23.0 Å². The molecule has 1 aliphatic heterocycles. The number of hydrogen-bond donors (Lipinski definition) is 0. The molecule has 1 aliphatic rings. The molecule has 0 bridgehead atoms. The summed E-state index contributed by atoms with van der Waals surface area (Å²) in [6, 6.07) is 17.4. The molecular formula is C34H30BrN3O7S. The topological polar surface area (TPSA) is 121 Å². The fourth-order valence-corrected chi connectivity index (χ4v) is 6.45. The molecule has 12 heteroatoms. The number of benzene rings is 3. The van der Waals surface area contributed by atoms with E-state index in [-0.39, 0.29) is 17.7 Å². The molecule has 2 heterocycles. The molecule has 5 rings (SSSR count). The molecule has 1 aromatic heterocycles. The fourth-order valence-electron chi connectivity index (χ4n) is 5.04. The number of ether oxygens (including phenoxy) is 5. The van der Waals surface area contributed by atoms with Gasteiger partial charge in [-0.25, -0.2) is 9.79 Å². The zero-order valence-corrected chi connectivity index (χ0v) is 27.9. The zero-order valence-electron chi connectivity index (χ0n) is 25.5. The molecule has 0 saturated carbocycles. The number of fused-ring (bicyclic) bond motifs is 1. The van der Waals surface area contributed by atoms with Gasteiger partial charge in [0.1, 0.15) is 6.61 Å². The highest BCUT2D eigenvalue weighted by Gasteiger charge is 2.31. The van der Waals surface area contributed by atoms with E-state index in [0.29, 0.717) is 72.3 Å². The maximum atomic E-state index is 14.2. The fraction of sp³-hybridized carbons (Fsp3) is 0.235. The monoisotopic (exact) mass is 703 g/mol. The van der Waals surface area contributed by atoms with E-state index in [2.05, 4.69) is 27.0 Å². The first kappa shape index (κ1) is 32.5. The van der Waals surface area contributed by atoms with Crippen molar-refractivity contribution in [1.82, 2.24) is 4.57 Å². The summed E-state index contributed by atoms with van der Waals surface area (Å²) in [5.41, 5.74) is 2.21. The Morgan fingerprint density at radius 2 is 1.80 bits per heavy atom. The number of hydrogen-bond acceptors (Lipinski definition) is 10. The van der Waals surface area contributed by atoms with Crippen LogP contribution in [0.1, 0.15) is 42.1 Å². The molecule has 0 saturated heterocycles. The van der Waals surface area contributed by atoms with Gasteiger partial charge in [0.15, 0.2) is 27.8 Å². The SMILES string of the molecule is CCOc1ccc([C@H]2C(C(=O)OC)=CN=c3s/c(=C/c4cc(Br)cc(OC)c4OCc4ccccc4C#N)c(=O)n32)cc1OCC. The first-order valence-electron chi connectivity index (χ1n) is 14.3. The van der Waals surface area contributed by atoms with Crippen LogP contribution in [0.2, 0.25) is 0 Å². The van der Waals surface area contributed by atoms with Gasteiger partial charge in [0.25, 0.3) is 5.56 Å². The van der Waals surface area contributed by atoms with E-state index < -0.39 is 12.0 Å². The third kappa shape index (κ3) is 6.56. The van der Waals surface area contributed by atoms with E-state index >= 15 is 0 Å². The van der Waals surface area contributed by atoms with Crippen molar-refractivity contribution in [2.75, 3.05) is 27.4 Å². The van der Waals surface area contributed by atoms with Crippen LogP contribution < -0.4 is 33.8 Å². The number of methoxy groups -OCH3 is 2. The van der Waals surface area contributed by atoms with Gasteiger partial charge in [-0.1, -0.05) is 51.5 Å². The summed E-state index contributed by atoms with van der Waals surface area (Å²) in [6.45, 7) is 4.69. The van der Waals surface area contributed by atoms with Crippen LogP contribution in [-0.4, -0.2) is 38.0 Å². The second kappa shape index (κ2) is 14.5. The Labute approximate surface area is 277 Å². The highest BCUT2D eigenvalue weighted by molar-refractivity contribution is 9.10. The number of esters is 1. The van der Waals surface area contributed by atoms with Crippen LogP contribution in [-0.2, 0) is 16.1 Å². The quantitative estimate of drug-likeness (QED) is 0.199. The molecule has 0 fully saturated rings. The molecule has 0 amide bonds. The molecular weight excluding hydrogens is 674 g/mol. The van der Waals surface area contributed by atoms with Crippen LogP contribution in [0.3, 0.4) is 0 Å². The van der Waals surface area contributed by atoms with Gasteiger partial charge >= 0.3 is 5.97 Å². The third-order valence-corrected chi connectivity index (χ3v) is 8.53. The van der Waals surface area contributed by atoms with Gasteiger partial charge in [0.05, 0.1) is 55.2 Å². The molecule has 236 valence electrons. The van der Waals surface area contributed by atoms with Gasteiger partial charge in [0.2, 0.25) is 0 Å². The van der Waals surface area contributed by atoms with Crippen LogP contribution in [0.4, 0.5) is 0 Å². The Morgan fingerprint density at radius 1 is 1.04 bits per heavy atom. The van der Waals surface area contributed by atoms with Crippen LogP contribution >= 0.6 is 27.3 Å². The van der Waals surface area contributed by atoms with Crippen molar-refractivity contribution in [3.8, 4) is 29.1 Å². The van der Waals surface area contributed by atoms with E-state index in [1.807, 2.05) is 32.0 Å². The summed E-state index contributed by atoms with van der Waals surface area (Å²) in [4.78, 5) is 32.0. The lowest BCUT2D eigenvalue weighted by Crippen LogP contribution is -2.39. The van der Waals surface area contributed by atoms with Gasteiger partial charge in [-0.05, 0) is 55.8 Å². The molecule has 4 aromatic rings. The van der Waals surface area contributed by atoms with Crippen molar-refractivity contribution >= 4 is 39.3 Å². The minimum absolute atomic E-state index is 0.103. The van der Waals surface area contributed by atoms with Gasteiger partial charge in [-0.3, -0.25) is 9.36 Å². The second-order valence-corrected chi connectivity index (χ2v) is 11.8. The van der Waals surface area contributed by atoms with Crippen molar-refractivity contribution < 1.29 is 28.5 Å². The normalized spacial score (nSPS) is 14.0. The standard InChI is InChI=1S/C34H30BrN3O7S/c1-5-43-26-12-11-20(14-27(26)44-6-2)30-25(33(40)42-4)18-37-34-38(30)32(39)29(46-34)15-23-13-24(35)16-28(41-3)31(23)45-19-22-10-8-7-9-21(22)17-36/h7-16,18,30H,5-6,19H2,1-4H3/b29-15+/t30-/m0/s1. The number of thiazole rings is 1. The number of halogens is 1. The largest absolute Gasteiger partial charge is 0.493 e. The van der Waals surface area contributed by atoms with E-state index in [1.54, 1.807) is 42.5 Å². The number of nitriles is 1. The highest BCUT2D eigenvalue weighted by atomic mass is 79.9. The van der Waals surface area contributed by atoms with Crippen molar-refractivity contribution in [2.24, 2.45) is 4.99 Å². The molecule has 0 radical (unpaired) electrons. The number of carbonyl (C=O) groups is 1. The minimum Gasteiger partial charge on any atom is -0.493 e. The highest BCUT2D eigenvalue weighted by Crippen LogP contribution is 2.37. The van der Waals surface area contributed by atoms with Gasteiger partial charge in [-0.2, -0.15) is 5.26 Å². The van der Waals surface area contributed by atoms with Crippen molar-refractivity contribution in [3.63, 3.8) is 0 Å². The van der Waals surface area contributed by atoms with Crippen molar-refractivity contribution in [1.29, 1.82) is 5.26 Å². The molecule has 0 unspecified atom stereocenters. The molecule has 46 heavy (non-hydrogen) atoms. The maximum absolute atomic E-state index is 14.2. The average molecular weight is 705 g/mol. The molecule has 0 spiro atoms. The van der Waals surface area contributed by atoms with E-state index in [9.17, 15) is 14.9 Å². The predicted octanol–water partition coefficient (Wildman–Crippen LogP) is 5.04. The summed E-state index contributed by atoms with van der Waals surface area (Å²) < 4.78 is 31.0. The lowest BCUT2D eigenvalue weighted by atomic mass is 9.97. The molecule has 3 aromatic carbocycles. The van der Waals surface area contributed by atoms with Crippen LogP contribution in [0.25, 0.3) is 6.08 Å². The summed E-state index contributed by atoms with van der Waals surface area (Å²) in [5, 5.41) is 9.53. The van der Waals surface area contributed by atoms with E-state index in [4.69, 9.17) is 23.7 Å². The Hall–Kier alpha value is -4.86. The number of carbonyl (C=O) groups excluding carboxylic acids is 1. The smallest absolute Gasteiger partial charge is 0.337 e. The van der Waals surface area contributed by atoms with Crippen LogP contribution in [0, 0.1) is 11.3 Å². The molecule has 10 nitrogen and oxygen atoms in total. The van der Waals surface area contributed by atoms with Gasteiger partial charge in [-0.15, -0.1) is 0 Å². The summed E-state index contributed by atoms with van der Waals surface area (Å²) in [7, 11) is 2.81. The summed E-state index contributed by atoms with van der Waals surface area (Å²) in [6.07, 6.45) is 3.14. The number of nitrogens with zero attached hydrogens (tertiary/aromatic N) is 3. The van der Waals surface area contributed by atoms with E-state index in [0.717, 1.165) is 0 Å². The first-order valence-corrected chi connectivity index (χ1v) is 15.9. The van der Waals surface area contributed by atoms with E-state index in [1.165, 1.54) is 36.3 Å². The second-order valence-electron chi connectivity index (χ2n) is 9.83. The lowest BCUT2D eigenvalue weighted by molar-refractivity contribution is -0.136. The zero-order chi connectivity index (χ0) is 32.8. The maximum Gasteiger partial charge on any atom is 0.337 e.